The second-order valence-electron chi connectivity index (χ2n) is 5.91. The largest absolute Gasteiger partial charge is 0.374 e. The van der Waals surface area contributed by atoms with E-state index in [4.69, 9.17) is 14.2 Å². The average Bonchev–Trinajstić information content (AvgIpc) is 3.08. The molecule has 0 radical (unpaired) electrons. The molecular formula is C12H16O3. The predicted octanol–water partition coefficient (Wildman–Crippen LogP) is 1.11. The van der Waals surface area contributed by atoms with Crippen LogP contribution in [0.25, 0.3) is 0 Å². The van der Waals surface area contributed by atoms with Crippen molar-refractivity contribution in [1.82, 2.24) is 0 Å². The molecule has 5 aliphatic rings. The van der Waals surface area contributed by atoms with E-state index in [0.717, 1.165) is 11.8 Å². The molecule has 3 heterocycles. The van der Waals surface area contributed by atoms with Crippen LogP contribution in [-0.2, 0) is 14.2 Å². The summed E-state index contributed by atoms with van der Waals surface area (Å²) in [7, 11) is 0. The Morgan fingerprint density at radius 1 is 0.467 bits per heavy atom. The molecule has 2 aliphatic carbocycles. The Kier molecular flexibility index (Phi) is 1.29. The monoisotopic (exact) mass is 208 g/mol. The van der Waals surface area contributed by atoms with Crippen LogP contribution in [0.5, 0.6) is 0 Å². The van der Waals surface area contributed by atoms with E-state index >= 15 is 0 Å². The molecule has 0 aromatic carbocycles. The Labute approximate surface area is 89.1 Å². The van der Waals surface area contributed by atoms with Crippen LogP contribution in [0.4, 0.5) is 0 Å². The van der Waals surface area contributed by atoms with Gasteiger partial charge in [0.2, 0.25) is 0 Å². The zero-order valence-electron chi connectivity index (χ0n) is 8.67. The van der Waals surface area contributed by atoms with Crippen LogP contribution >= 0.6 is 0 Å². The highest BCUT2D eigenvalue weighted by Crippen LogP contribution is 2.55. The number of fused-ring (bicyclic) bond motifs is 5. The van der Waals surface area contributed by atoms with Gasteiger partial charge in [-0.1, -0.05) is 0 Å². The first-order valence-corrected chi connectivity index (χ1v) is 6.35. The molecule has 8 atom stereocenters. The fourth-order valence-electron chi connectivity index (χ4n) is 4.27. The average molecular weight is 208 g/mol. The summed E-state index contributed by atoms with van der Waals surface area (Å²) >= 11 is 0. The van der Waals surface area contributed by atoms with Crippen LogP contribution in [-0.4, -0.2) is 36.6 Å². The SMILES string of the molecule is C1C2OC2CC2C1OC1CC3OC3CC12. The van der Waals surface area contributed by atoms with Crippen LogP contribution in [0, 0.1) is 11.8 Å². The van der Waals surface area contributed by atoms with Crippen molar-refractivity contribution in [2.75, 3.05) is 0 Å². The molecule has 3 heteroatoms. The van der Waals surface area contributed by atoms with Crippen LogP contribution in [0.3, 0.4) is 0 Å². The topological polar surface area (TPSA) is 34.3 Å². The van der Waals surface area contributed by atoms with E-state index in [1.165, 1.54) is 25.7 Å². The van der Waals surface area contributed by atoms with Gasteiger partial charge < -0.3 is 14.2 Å². The highest BCUT2D eigenvalue weighted by Gasteiger charge is 2.60. The van der Waals surface area contributed by atoms with Gasteiger partial charge in [-0.3, -0.25) is 0 Å². The molecule has 5 rings (SSSR count). The molecule has 15 heavy (non-hydrogen) atoms. The van der Waals surface area contributed by atoms with Gasteiger partial charge in [0.25, 0.3) is 0 Å². The maximum atomic E-state index is 6.20. The third-order valence-electron chi connectivity index (χ3n) is 5.17. The minimum atomic E-state index is 0.515. The van der Waals surface area contributed by atoms with Gasteiger partial charge >= 0.3 is 0 Å². The highest BCUT2D eigenvalue weighted by atomic mass is 16.6. The Balaban J connectivity index is 1.44. The van der Waals surface area contributed by atoms with Crippen LogP contribution in [0.15, 0.2) is 0 Å². The Morgan fingerprint density at radius 3 is 1.40 bits per heavy atom. The van der Waals surface area contributed by atoms with Crippen molar-refractivity contribution in [3.63, 3.8) is 0 Å². The van der Waals surface area contributed by atoms with E-state index in [9.17, 15) is 0 Å². The number of ether oxygens (including phenoxy) is 3. The Bertz CT molecular complexity index is 288. The molecule has 2 saturated carbocycles. The van der Waals surface area contributed by atoms with Gasteiger partial charge in [-0.2, -0.15) is 0 Å². The third-order valence-corrected chi connectivity index (χ3v) is 5.17. The predicted molar refractivity (Wildman–Crippen MR) is 51.4 cm³/mol. The lowest BCUT2D eigenvalue weighted by molar-refractivity contribution is 0.00955. The number of epoxide rings is 2. The van der Waals surface area contributed by atoms with Gasteiger partial charge in [-0.05, 0) is 24.7 Å². The summed E-state index contributed by atoms with van der Waals surface area (Å²) in [4.78, 5) is 0. The zero-order chi connectivity index (χ0) is 9.57. The van der Waals surface area contributed by atoms with Crippen molar-refractivity contribution in [3.05, 3.63) is 0 Å². The Morgan fingerprint density at radius 2 is 0.867 bits per heavy atom. The molecule has 3 saturated heterocycles. The van der Waals surface area contributed by atoms with Crippen molar-refractivity contribution in [3.8, 4) is 0 Å². The quantitative estimate of drug-likeness (QED) is 0.559. The lowest BCUT2D eigenvalue weighted by Gasteiger charge is -2.26. The molecule has 0 aromatic heterocycles. The van der Waals surface area contributed by atoms with Gasteiger partial charge in [-0.15, -0.1) is 0 Å². The van der Waals surface area contributed by atoms with E-state index in [0.29, 0.717) is 36.6 Å². The maximum Gasteiger partial charge on any atom is 0.0866 e. The first-order chi connectivity index (χ1) is 7.38. The van der Waals surface area contributed by atoms with E-state index in [-0.39, 0.29) is 0 Å². The summed E-state index contributed by atoms with van der Waals surface area (Å²) in [5.74, 6) is 1.56. The molecule has 3 nitrogen and oxygen atoms in total. The summed E-state index contributed by atoms with van der Waals surface area (Å²) < 4.78 is 17.4. The molecule has 0 spiro atoms. The van der Waals surface area contributed by atoms with E-state index in [2.05, 4.69) is 0 Å². The molecular weight excluding hydrogens is 192 g/mol. The summed E-state index contributed by atoms with van der Waals surface area (Å²) in [5, 5.41) is 0. The van der Waals surface area contributed by atoms with Crippen molar-refractivity contribution in [1.29, 1.82) is 0 Å². The molecule has 0 N–H and O–H groups in total. The second kappa shape index (κ2) is 2.41. The minimum Gasteiger partial charge on any atom is -0.374 e. The highest BCUT2D eigenvalue weighted by molar-refractivity contribution is 5.08. The summed E-state index contributed by atoms with van der Waals surface area (Å²) in [5.41, 5.74) is 0. The van der Waals surface area contributed by atoms with Crippen molar-refractivity contribution in [2.24, 2.45) is 11.8 Å². The molecule has 3 aliphatic heterocycles. The minimum absolute atomic E-state index is 0.515. The fourth-order valence-corrected chi connectivity index (χ4v) is 4.27. The fraction of sp³-hybridized carbons (Fsp3) is 1.00. The number of hydrogen-bond acceptors (Lipinski definition) is 3. The van der Waals surface area contributed by atoms with Crippen LogP contribution in [0.1, 0.15) is 25.7 Å². The standard InChI is InChI=1S/C12H16O3/c1-5-6-2-10-12(15-10)4-8(6)13-7(5)3-11-9(1)14-11/h5-12H,1-4H2. The summed E-state index contributed by atoms with van der Waals surface area (Å²) in [6.07, 6.45) is 8.16. The molecule has 0 bridgehead atoms. The van der Waals surface area contributed by atoms with Crippen molar-refractivity contribution < 1.29 is 14.2 Å². The van der Waals surface area contributed by atoms with E-state index in [1.807, 2.05) is 0 Å². The Hall–Kier alpha value is -0.120. The third kappa shape index (κ3) is 1.02. The first-order valence-electron chi connectivity index (χ1n) is 6.35. The normalized spacial score (nSPS) is 68.8. The second-order valence-corrected chi connectivity index (χ2v) is 5.91. The summed E-state index contributed by atoms with van der Waals surface area (Å²) in [6, 6.07) is 0. The van der Waals surface area contributed by atoms with Gasteiger partial charge in [0.15, 0.2) is 0 Å². The van der Waals surface area contributed by atoms with Gasteiger partial charge in [-0.25, -0.2) is 0 Å². The van der Waals surface area contributed by atoms with E-state index < -0.39 is 0 Å². The van der Waals surface area contributed by atoms with Gasteiger partial charge in [0, 0.05) is 12.8 Å². The molecule has 0 aromatic rings. The zero-order valence-corrected chi connectivity index (χ0v) is 8.67. The number of rotatable bonds is 0. The lowest BCUT2D eigenvalue weighted by atomic mass is 9.73. The molecule has 5 fully saturated rings. The van der Waals surface area contributed by atoms with Gasteiger partial charge in [0.1, 0.15) is 0 Å². The van der Waals surface area contributed by atoms with Crippen molar-refractivity contribution >= 4 is 0 Å². The van der Waals surface area contributed by atoms with Crippen LogP contribution in [0.2, 0.25) is 0 Å². The summed E-state index contributed by atoms with van der Waals surface area (Å²) in [6.45, 7) is 0. The number of hydrogen-bond donors (Lipinski definition) is 0. The maximum absolute atomic E-state index is 6.20. The molecule has 0 amide bonds. The van der Waals surface area contributed by atoms with Crippen LogP contribution < -0.4 is 0 Å². The van der Waals surface area contributed by atoms with E-state index in [1.54, 1.807) is 0 Å². The smallest absolute Gasteiger partial charge is 0.0866 e. The molecule has 82 valence electrons. The lowest BCUT2D eigenvalue weighted by Crippen LogP contribution is -2.31. The van der Waals surface area contributed by atoms with Crippen molar-refractivity contribution in [2.45, 2.75) is 62.3 Å². The van der Waals surface area contributed by atoms with Gasteiger partial charge in [0.05, 0.1) is 36.6 Å². The molecule has 8 unspecified atom stereocenters. The first kappa shape index (κ1) is 8.04.